The van der Waals surface area contributed by atoms with Gasteiger partial charge in [-0.1, -0.05) is 43.2 Å². The van der Waals surface area contributed by atoms with Crippen LogP contribution >= 0.6 is 12.0 Å². The summed E-state index contributed by atoms with van der Waals surface area (Å²) in [6.45, 7) is 8.22. The van der Waals surface area contributed by atoms with Gasteiger partial charge in [-0.05, 0) is 44.7 Å². The van der Waals surface area contributed by atoms with Crippen molar-refractivity contribution in [2.75, 3.05) is 0 Å². The first-order valence-electron chi connectivity index (χ1n) is 8.12. The van der Waals surface area contributed by atoms with E-state index in [1.54, 1.807) is 6.07 Å². The van der Waals surface area contributed by atoms with Gasteiger partial charge in [-0.2, -0.15) is 0 Å². The Morgan fingerprint density at radius 2 is 1.83 bits per heavy atom. The maximum absolute atomic E-state index is 11.4. The highest BCUT2D eigenvalue weighted by molar-refractivity contribution is 7.95. The topological polar surface area (TPSA) is 52.4 Å². The number of nitrogens with zero attached hydrogens (tertiary/aromatic N) is 1. The summed E-state index contributed by atoms with van der Waals surface area (Å²) in [5.74, 6) is 0.375. The Balaban J connectivity index is 2.33. The Morgan fingerprint density at radius 3 is 2.42 bits per heavy atom. The standard InChI is InChI=1S/C19H23NO3S/c1-5-6-8-16-9-7-10-17(20(21)22)18(16)23-24-19-14(3)11-13(2)12-15(19)4/h7,9-12H,5-6,8H2,1-4H3. The summed E-state index contributed by atoms with van der Waals surface area (Å²) in [7, 11) is 0. The van der Waals surface area contributed by atoms with Crippen molar-refractivity contribution in [1.82, 2.24) is 0 Å². The average Bonchev–Trinajstić information content (AvgIpc) is 2.52. The van der Waals surface area contributed by atoms with E-state index < -0.39 is 0 Å². The molecule has 0 atom stereocenters. The zero-order valence-corrected chi connectivity index (χ0v) is 15.4. The molecule has 0 aliphatic heterocycles. The molecule has 0 unspecified atom stereocenters. The second-order valence-corrected chi connectivity index (χ2v) is 6.76. The lowest BCUT2D eigenvalue weighted by atomic mass is 10.1. The fourth-order valence-corrected chi connectivity index (χ4v) is 3.50. The quantitative estimate of drug-likeness (QED) is 0.353. The van der Waals surface area contributed by atoms with Gasteiger partial charge in [0.15, 0.2) is 0 Å². The van der Waals surface area contributed by atoms with Crippen LogP contribution in [0, 0.1) is 30.9 Å². The van der Waals surface area contributed by atoms with Crippen LogP contribution in [0.25, 0.3) is 0 Å². The van der Waals surface area contributed by atoms with Crippen molar-refractivity contribution in [2.45, 2.75) is 51.9 Å². The summed E-state index contributed by atoms with van der Waals surface area (Å²) in [6, 6.07) is 9.32. The summed E-state index contributed by atoms with van der Waals surface area (Å²) in [4.78, 5) is 12.0. The lowest BCUT2D eigenvalue weighted by Crippen LogP contribution is -1.98. The van der Waals surface area contributed by atoms with Crippen molar-refractivity contribution < 1.29 is 9.11 Å². The molecular weight excluding hydrogens is 322 g/mol. The molecule has 0 fully saturated rings. The zero-order chi connectivity index (χ0) is 17.7. The zero-order valence-electron chi connectivity index (χ0n) is 14.6. The molecule has 0 bridgehead atoms. The van der Waals surface area contributed by atoms with Crippen molar-refractivity contribution >= 4 is 17.7 Å². The highest BCUT2D eigenvalue weighted by Gasteiger charge is 2.20. The van der Waals surface area contributed by atoms with E-state index in [2.05, 4.69) is 26.0 Å². The number of nitro benzene ring substituents is 1. The summed E-state index contributed by atoms with van der Waals surface area (Å²) in [5.41, 5.74) is 4.35. The minimum atomic E-state index is -0.375. The van der Waals surface area contributed by atoms with Crippen LogP contribution in [-0.2, 0) is 6.42 Å². The Morgan fingerprint density at radius 1 is 1.17 bits per heavy atom. The Labute approximate surface area is 147 Å². The van der Waals surface area contributed by atoms with Crippen LogP contribution in [0.1, 0.15) is 42.0 Å². The molecule has 0 heterocycles. The Bertz CT molecular complexity index is 720. The molecular formula is C19H23NO3S. The third kappa shape index (κ3) is 4.29. The molecule has 0 aromatic heterocycles. The second-order valence-electron chi connectivity index (χ2n) is 6.02. The number of para-hydroxylation sites is 1. The second kappa shape index (κ2) is 8.20. The van der Waals surface area contributed by atoms with Gasteiger partial charge in [0.25, 0.3) is 0 Å². The smallest absolute Gasteiger partial charge is 0.312 e. The number of benzene rings is 2. The molecule has 2 aromatic carbocycles. The van der Waals surface area contributed by atoms with E-state index in [4.69, 9.17) is 4.18 Å². The van der Waals surface area contributed by atoms with E-state index in [1.807, 2.05) is 19.9 Å². The molecule has 5 heteroatoms. The van der Waals surface area contributed by atoms with Gasteiger partial charge in [0, 0.05) is 11.6 Å². The minimum absolute atomic E-state index is 0.0264. The molecule has 0 aliphatic rings. The minimum Gasteiger partial charge on any atom is -0.413 e. The number of aryl methyl sites for hydroxylation is 4. The first kappa shape index (κ1) is 18.3. The SMILES string of the molecule is CCCCc1cccc([N+](=O)[O-])c1OSc1c(C)cc(C)cc1C. The molecule has 2 aromatic rings. The molecule has 0 saturated heterocycles. The predicted molar refractivity (Wildman–Crippen MR) is 98.8 cm³/mol. The number of nitro groups is 1. The van der Waals surface area contributed by atoms with Crippen molar-refractivity contribution in [3.63, 3.8) is 0 Å². The van der Waals surface area contributed by atoms with E-state index in [0.29, 0.717) is 5.75 Å². The maximum atomic E-state index is 11.4. The maximum Gasteiger partial charge on any atom is 0.312 e. The largest absolute Gasteiger partial charge is 0.413 e. The van der Waals surface area contributed by atoms with Gasteiger partial charge in [0.05, 0.1) is 21.9 Å². The van der Waals surface area contributed by atoms with Crippen LogP contribution in [0.3, 0.4) is 0 Å². The van der Waals surface area contributed by atoms with Crippen molar-refractivity contribution in [3.05, 3.63) is 62.7 Å². The van der Waals surface area contributed by atoms with Crippen molar-refractivity contribution in [1.29, 1.82) is 0 Å². The molecule has 2 rings (SSSR count). The average molecular weight is 345 g/mol. The lowest BCUT2D eigenvalue weighted by Gasteiger charge is -2.13. The first-order chi connectivity index (χ1) is 11.4. The number of unbranched alkanes of at least 4 members (excludes halogenated alkanes) is 1. The van der Waals surface area contributed by atoms with Crippen LogP contribution in [0.4, 0.5) is 5.69 Å². The summed E-state index contributed by atoms with van der Waals surface area (Å²) >= 11 is 1.21. The number of hydrogen-bond donors (Lipinski definition) is 0. The van der Waals surface area contributed by atoms with Gasteiger partial charge in [-0.25, -0.2) is 0 Å². The van der Waals surface area contributed by atoms with Crippen LogP contribution < -0.4 is 4.18 Å². The Kier molecular flexibility index (Phi) is 6.26. The highest BCUT2D eigenvalue weighted by atomic mass is 32.2. The molecule has 4 nitrogen and oxygen atoms in total. The van der Waals surface area contributed by atoms with Gasteiger partial charge in [-0.3, -0.25) is 10.1 Å². The highest BCUT2D eigenvalue weighted by Crippen LogP contribution is 2.37. The molecule has 128 valence electrons. The van der Waals surface area contributed by atoms with Gasteiger partial charge in [0.2, 0.25) is 5.75 Å². The van der Waals surface area contributed by atoms with Gasteiger partial charge < -0.3 is 4.18 Å². The van der Waals surface area contributed by atoms with E-state index in [1.165, 1.54) is 23.7 Å². The van der Waals surface area contributed by atoms with Crippen molar-refractivity contribution in [3.8, 4) is 5.75 Å². The van der Waals surface area contributed by atoms with Crippen LogP contribution in [0.15, 0.2) is 35.2 Å². The first-order valence-corrected chi connectivity index (χ1v) is 8.86. The van der Waals surface area contributed by atoms with E-state index >= 15 is 0 Å². The van der Waals surface area contributed by atoms with E-state index in [-0.39, 0.29) is 10.6 Å². The number of hydrogen-bond acceptors (Lipinski definition) is 4. The van der Waals surface area contributed by atoms with E-state index in [9.17, 15) is 10.1 Å². The fourth-order valence-electron chi connectivity index (χ4n) is 2.76. The number of rotatable bonds is 7. The molecule has 0 spiro atoms. The third-order valence-corrected chi connectivity index (χ3v) is 4.95. The molecule has 0 aliphatic carbocycles. The predicted octanol–water partition coefficient (Wildman–Crippen LogP) is 5.95. The molecule has 0 N–H and O–H groups in total. The third-order valence-electron chi connectivity index (χ3n) is 3.89. The fraction of sp³-hybridized carbons (Fsp3) is 0.368. The normalized spacial score (nSPS) is 10.7. The summed E-state index contributed by atoms with van der Waals surface area (Å²) < 4.78 is 5.89. The van der Waals surface area contributed by atoms with Crippen LogP contribution in [-0.4, -0.2) is 4.92 Å². The summed E-state index contributed by atoms with van der Waals surface area (Å²) in [6.07, 6.45) is 2.79. The summed E-state index contributed by atoms with van der Waals surface area (Å²) in [5, 5.41) is 11.4. The van der Waals surface area contributed by atoms with Gasteiger partial charge in [-0.15, -0.1) is 0 Å². The monoisotopic (exact) mass is 345 g/mol. The molecule has 24 heavy (non-hydrogen) atoms. The van der Waals surface area contributed by atoms with Gasteiger partial charge >= 0.3 is 5.69 Å². The molecule has 0 radical (unpaired) electrons. The molecule has 0 amide bonds. The van der Waals surface area contributed by atoms with Crippen molar-refractivity contribution in [2.24, 2.45) is 0 Å². The van der Waals surface area contributed by atoms with Gasteiger partial charge in [0.1, 0.15) is 0 Å². The van der Waals surface area contributed by atoms with Crippen LogP contribution in [0.2, 0.25) is 0 Å². The van der Waals surface area contributed by atoms with E-state index in [0.717, 1.165) is 40.8 Å². The molecule has 0 saturated carbocycles. The van der Waals surface area contributed by atoms with Crippen LogP contribution in [0.5, 0.6) is 5.75 Å². The Hall–Kier alpha value is -2.01. The lowest BCUT2D eigenvalue weighted by molar-refractivity contribution is -0.385.